The number of thiazole rings is 1. The molecular formula is C23H24ClFN4O2S. The van der Waals surface area contributed by atoms with Gasteiger partial charge < -0.3 is 15.4 Å². The number of pyridine rings is 1. The van der Waals surface area contributed by atoms with Crippen molar-refractivity contribution in [2.45, 2.75) is 50.7 Å². The molecule has 3 aromatic rings. The van der Waals surface area contributed by atoms with E-state index in [4.69, 9.17) is 21.3 Å². The van der Waals surface area contributed by atoms with Gasteiger partial charge in [0, 0.05) is 36.2 Å². The monoisotopic (exact) mass is 474 g/mol. The zero-order chi connectivity index (χ0) is 22.6. The number of rotatable bonds is 7. The number of ether oxygens (including phenoxy) is 1. The summed E-state index contributed by atoms with van der Waals surface area (Å²) in [7, 11) is 0. The Balaban J connectivity index is 1.44. The molecule has 0 spiro atoms. The smallest absolute Gasteiger partial charge is 0.217 e. The fourth-order valence-corrected chi connectivity index (χ4v) is 4.83. The van der Waals surface area contributed by atoms with Crippen LogP contribution in [0.3, 0.4) is 0 Å². The van der Waals surface area contributed by atoms with Crippen LogP contribution in [0.5, 0.6) is 5.75 Å². The van der Waals surface area contributed by atoms with Crippen LogP contribution in [-0.4, -0.2) is 27.5 Å². The summed E-state index contributed by atoms with van der Waals surface area (Å²) in [5.41, 5.74) is 0.450. The number of benzene rings is 1. The van der Waals surface area contributed by atoms with E-state index in [1.807, 2.05) is 23.6 Å². The van der Waals surface area contributed by atoms with Gasteiger partial charge in [-0.15, -0.1) is 11.3 Å². The molecule has 2 N–H and O–H groups in total. The number of nitrogens with zero attached hydrogens (tertiary/aromatic N) is 2. The Morgan fingerprint density at radius 2 is 2.06 bits per heavy atom. The minimum atomic E-state index is -0.540. The molecule has 0 aliphatic heterocycles. The molecule has 0 atom stereocenters. The summed E-state index contributed by atoms with van der Waals surface area (Å²) in [5.74, 6) is 0.255. The van der Waals surface area contributed by atoms with Gasteiger partial charge in [0.25, 0.3) is 0 Å². The third-order valence-electron chi connectivity index (χ3n) is 5.53. The quantitative estimate of drug-likeness (QED) is 0.472. The maximum absolute atomic E-state index is 14.2. The second-order valence-electron chi connectivity index (χ2n) is 7.98. The van der Waals surface area contributed by atoms with Gasteiger partial charge in [-0.1, -0.05) is 23.7 Å². The summed E-state index contributed by atoms with van der Waals surface area (Å²) in [6, 6.07) is 10.5. The first-order chi connectivity index (χ1) is 15.4. The van der Waals surface area contributed by atoms with Crippen LogP contribution in [0.1, 0.15) is 38.3 Å². The number of nitrogens with one attached hydrogen (secondary N) is 2. The lowest BCUT2D eigenvalue weighted by molar-refractivity contribution is -0.121. The van der Waals surface area contributed by atoms with Crippen LogP contribution in [-0.2, 0) is 11.2 Å². The zero-order valence-electron chi connectivity index (χ0n) is 17.6. The first-order valence-corrected chi connectivity index (χ1v) is 11.7. The third kappa shape index (κ3) is 5.55. The van der Waals surface area contributed by atoms with Crippen molar-refractivity contribution in [3.63, 3.8) is 0 Å². The Morgan fingerprint density at radius 3 is 2.78 bits per heavy atom. The normalized spacial score (nSPS) is 20.5. The van der Waals surface area contributed by atoms with E-state index in [2.05, 4.69) is 15.6 Å². The van der Waals surface area contributed by atoms with Gasteiger partial charge >= 0.3 is 0 Å². The number of carbonyl (C=O) groups excluding carboxylic acids is 1. The van der Waals surface area contributed by atoms with Crippen molar-refractivity contribution >= 4 is 39.8 Å². The van der Waals surface area contributed by atoms with Crippen molar-refractivity contribution in [3.8, 4) is 5.75 Å². The number of anilines is 2. The maximum Gasteiger partial charge on any atom is 0.217 e. The number of carbonyl (C=O) groups is 1. The number of amides is 1. The van der Waals surface area contributed by atoms with Crippen LogP contribution in [0.2, 0.25) is 5.02 Å². The largest absolute Gasteiger partial charge is 0.487 e. The number of halogens is 2. The predicted molar refractivity (Wildman–Crippen MR) is 124 cm³/mol. The Bertz CT molecular complexity index is 1070. The summed E-state index contributed by atoms with van der Waals surface area (Å²) in [5, 5.41) is 9.07. The van der Waals surface area contributed by atoms with Gasteiger partial charge in [-0.2, -0.15) is 0 Å². The number of hydrogen-bond acceptors (Lipinski definition) is 6. The average molecular weight is 475 g/mol. The van der Waals surface area contributed by atoms with Crippen LogP contribution in [0.15, 0.2) is 48.0 Å². The highest BCUT2D eigenvalue weighted by molar-refractivity contribution is 7.13. The number of aromatic nitrogens is 2. The van der Waals surface area contributed by atoms with Crippen molar-refractivity contribution in [2.75, 3.05) is 5.32 Å². The Labute approximate surface area is 195 Å². The van der Waals surface area contributed by atoms with Crippen LogP contribution in [0, 0.1) is 5.82 Å². The van der Waals surface area contributed by atoms with Gasteiger partial charge in [0.2, 0.25) is 5.91 Å². The van der Waals surface area contributed by atoms with E-state index < -0.39 is 11.4 Å². The molecule has 4 rings (SSSR count). The molecule has 0 saturated heterocycles. The highest BCUT2D eigenvalue weighted by Gasteiger charge is 2.37. The molecule has 1 amide bonds. The zero-order valence-corrected chi connectivity index (χ0v) is 19.2. The first-order valence-electron chi connectivity index (χ1n) is 10.4. The van der Waals surface area contributed by atoms with E-state index >= 15 is 0 Å². The van der Waals surface area contributed by atoms with Gasteiger partial charge in [-0.25, -0.2) is 14.4 Å². The summed E-state index contributed by atoms with van der Waals surface area (Å²) < 4.78 is 20.1. The minimum Gasteiger partial charge on any atom is -0.487 e. The first kappa shape index (κ1) is 22.5. The van der Waals surface area contributed by atoms with Crippen molar-refractivity contribution < 1.29 is 13.9 Å². The lowest BCUT2D eigenvalue weighted by Crippen LogP contribution is -2.53. The van der Waals surface area contributed by atoms with E-state index in [9.17, 15) is 9.18 Å². The van der Waals surface area contributed by atoms with Gasteiger partial charge in [-0.3, -0.25) is 4.79 Å². The molecule has 32 heavy (non-hydrogen) atoms. The average Bonchev–Trinajstić information content (AvgIpc) is 3.26. The molecule has 2 heterocycles. The highest BCUT2D eigenvalue weighted by Crippen LogP contribution is 2.35. The minimum absolute atomic E-state index is 0.0446. The molecule has 9 heteroatoms. The highest BCUT2D eigenvalue weighted by atomic mass is 35.5. The Morgan fingerprint density at radius 1 is 1.28 bits per heavy atom. The molecule has 1 saturated carbocycles. The van der Waals surface area contributed by atoms with Gasteiger partial charge in [0.05, 0.1) is 11.1 Å². The van der Waals surface area contributed by atoms with Crippen LogP contribution >= 0.6 is 22.9 Å². The number of hydrogen-bond donors (Lipinski definition) is 2. The van der Waals surface area contributed by atoms with Crippen LogP contribution in [0.25, 0.3) is 0 Å². The standard InChI is InChI=1S/C23H24ClFN4O2S/c1-15(30)29-23(14-16-4-2-7-20(27-16)28-22-26-12-13-32-22)10-8-17(9-11-23)31-19-6-3-5-18(24)21(19)25/h2-7,12-13,17H,8-11,14H2,1H3,(H,29,30)(H,26,27,28). The molecular weight excluding hydrogens is 451 g/mol. The van der Waals surface area contributed by atoms with Crippen LogP contribution < -0.4 is 15.4 Å². The fourth-order valence-electron chi connectivity index (χ4n) is 4.12. The third-order valence-corrected chi connectivity index (χ3v) is 6.51. The summed E-state index contributed by atoms with van der Waals surface area (Å²) >= 11 is 7.37. The van der Waals surface area contributed by atoms with E-state index in [0.717, 1.165) is 10.8 Å². The Kier molecular flexibility index (Phi) is 6.91. The molecule has 0 radical (unpaired) electrons. The second-order valence-corrected chi connectivity index (χ2v) is 9.29. The van der Waals surface area contributed by atoms with E-state index in [1.165, 1.54) is 24.3 Å². The van der Waals surface area contributed by atoms with Gasteiger partial charge in [0.1, 0.15) is 5.82 Å². The molecule has 1 aromatic carbocycles. The molecule has 6 nitrogen and oxygen atoms in total. The molecule has 1 aliphatic carbocycles. The van der Waals surface area contributed by atoms with E-state index in [-0.39, 0.29) is 22.8 Å². The fraction of sp³-hybridized carbons (Fsp3) is 0.348. The van der Waals surface area contributed by atoms with E-state index in [0.29, 0.717) is 37.9 Å². The van der Waals surface area contributed by atoms with E-state index in [1.54, 1.807) is 18.3 Å². The lowest BCUT2D eigenvalue weighted by atomic mass is 9.77. The van der Waals surface area contributed by atoms with Gasteiger partial charge in [0.15, 0.2) is 16.7 Å². The second kappa shape index (κ2) is 9.83. The van der Waals surface area contributed by atoms with Gasteiger partial charge in [-0.05, 0) is 49.9 Å². The van der Waals surface area contributed by atoms with Crippen molar-refractivity contribution in [1.29, 1.82) is 0 Å². The summed E-state index contributed by atoms with van der Waals surface area (Å²) in [4.78, 5) is 20.9. The Hall–Kier alpha value is -2.71. The SMILES string of the molecule is CC(=O)NC1(Cc2cccc(Nc3nccs3)n2)CCC(Oc2cccc(Cl)c2F)CC1. The molecule has 0 bridgehead atoms. The summed E-state index contributed by atoms with van der Waals surface area (Å²) in [6.07, 6.45) is 4.95. The molecule has 2 aromatic heterocycles. The van der Waals surface area contributed by atoms with Crippen molar-refractivity contribution in [2.24, 2.45) is 0 Å². The van der Waals surface area contributed by atoms with Crippen LogP contribution in [0.4, 0.5) is 15.3 Å². The molecule has 0 unspecified atom stereocenters. The van der Waals surface area contributed by atoms with Crippen molar-refractivity contribution in [3.05, 3.63) is 64.5 Å². The summed E-state index contributed by atoms with van der Waals surface area (Å²) in [6.45, 7) is 1.53. The maximum atomic E-state index is 14.2. The molecule has 168 valence electrons. The lowest BCUT2D eigenvalue weighted by Gasteiger charge is -2.40. The predicted octanol–water partition coefficient (Wildman–Crippen LogP) is 5.51. The molecule has 1 fully saturated rings. The topological polar surface area (TPSA) is 76.1 Å². The molecule has 1 aliphatic rings. The van der Waals surface area contributed by atoms with Crippen molar-refractivity contribution in [1.82, 2.24) is 15.3 Å².